The number of hydrogen-bond acceptors (Lipinski definition) is 3. The molecule has 1 aromatic heterocycles. The number of halogens is 6. The van der Waals surface area contributed by atoms with Gasteiger partial charge in [-0.3, -0.25) is 9.59 Å². The number of amides is 2. The Morgan fingerprint density at radius 3 is 2.32 bits per heavy atom. The second-order valence-corrected chi connectivity index (χ2v) is 6.72. The summed E-state index contributed by atoms with van der Waals surface area (Å²) >= 11 is 0. The Morgan fingerprint density at radius 2 is 1.71 bits per heavy atom. The van der Waals surface area contributed by atoms with Crippen molar-refractivity contribution in [2.45, 2.75) is 25.4 Å². The fraction of sp³-hybridized carbons (Fsp3) is 0.316. The van der Waals surface area contributed by atoms with Crippen LogP contribution in [-0.4, -0.2) is 39.4 Å². The Hall–Kier alpha value is -3.31. The maximum atomic E-state index is 12.7. The van der Waals surface area contributed by atoms with Crippen LogP contribution in [0.5, 0.6) is 0 Å². The maximum Gasteiger partial charge on any atom is 0.434 e. The second kappa shape index (κ2) is 8.44. The van der Waals surface area contributed by atoms with E-state index >= 15 is 0 Å². The van der Waals surface area contributed by atoms with E-state index in [1.165, 1.54) is 27.7 Å². The van der Waals surface area contributed by atoms with Gasteiger partial charge in [0.1, 0.15) is 5.82 Å². The molecule has 0 saturated heterocycles. The van der Waals surface area contributed by atoms with Crippen LogP contribution in [0.25, 0.3) is 6.08 Å². The van der Waals surface area contributed by atoms with Crippen LogP contribution in [0.3, 0.4) is 0 Å². The van der Waals surface area contributed by atoms with E-state index < -0.39 is 35.4 Å². The Morgan fingerprint density at radius 1 is 1.03 bits per heavy atom. The number of benzene rings is 1. The number of fused-ring (bicyclic) bond motifs is 1. The minimum absolute atomic E-state index is 0.0976. The predicted octanol–water partition coefficient (Wildman–Crippen LogP) is 3.09. The van der Waals surface area contributed by atoms with Crippen LogP contribution in [0, 0.1) is 0 Å². The lowest BCUT2D eigenvalue weighted by molar-refractivity contribution is -0.141. The van der Waals surface area contributed by atoms with Crippen LogP contribution >= 0.6 is 0 Å². The number of nitrogens with one attached hydrogen (secondary N) is 1. The summed E-state index contributed by atoms with van der Waals surface area (Å²) in [5, 5.41) is 2.33. The topological polar surface area (TPSA) is 67.2 Å². The molecular weight excluding hydrogens is 430 g/mol. The summed E-state index contributed by atoms with van der Waals surface area (Å²) in [4.78, 5) is 28.9. The highest BCUT2D eigenvalue weighted by Crippen LogP contribution is 2.30. The Kier molecular flexibility index (Phi) is 6.09. The van der Waals surface area contributed by atoms with Crippen LogP contribution in [0.15, 0.2) is 36.5 Å². The van der Waals surface area contributed by atoms with Gasteiger partial charge in [0.15, 0.2) is 5.69 Å². The molecule has 166 valence electrons. The molecule has 2 heterocycles. The van der Waals surface area contributed by atoms with Gasteiger partial charge in [0.2, 0.25) is 11.8 Å². The second-order valence-electron chi connectivity index (χ2n) is 6.72. The van der Waals surface area contributed by atoms with Crippen molar-refractivity contribution in [3.8, 4) is 0 Å². The van der Waals surface area contributed by atoms with Crippen molar-refractivity contribution < 1.29 is 35.9 Å². The van der Waals surface area contributed by atoms with Gasteiger partial charge in [-0.15, -0.1) is 0 Å². The fourth-order valence-electron chi connectivity index (χ4n) is 2.89. The molecule has 3 rings (SSSR count). The lowest BCUT2D eigenvalue weighted by Crippen LogP contribution is -2.43. The SMILES string of the molecule is O=C(/C=C/c1ccc(C(F)(F)F)cc1)NCC(=O)N1CCn2cc(C(F)(F)F)nc2C1. The molecule has 1 aliphatic rings. The first-order valence-corrected chi connectivity index (χ1v) is 8.97. The summed E-state index contributed by atoms with van der Waals surface area (Å²) in [6, 6.07) is 4.16. The highest BCUT2D eigenvalue weighted by Gasteiger charge is 2.36. The zero-order chi connectivity index (χ0) is 22.8. The number of carbonyl (C=O) groups is 2. The molecule has 0 unspecified atom stereocenters. The monoisotopic (exact) mass is 446 g/mol. The van der Waals surface area contributed by atoms with Crippen molar-refractivity contribution >= 4 is 17.9 Å². The molecular formula is C19H16F6N4O2. The largest absolute Gasteiger partial charge is 0.434 e. The van der Waals surface area contributed by atoms with E-state index in [-0.39, 0.29) is 32.0 Å². The first-order valence-electron chi connectivity index (χ1n) is 8.97. The maximum absolute atomic E-state index is 12.7. The summed E-state index contributed by atoms with van der Waals surface area (Å²) < 4.78 is 77.1. The van der Waals surface area contributed by atoms with Gasteiger partial charge in [0, 0.05) is 25.4 Å². The quantitative estimate of drug-likeness (QED) is 0.580. The number of carbonyl (C=O) groups excluding carboxylic acids is 2. The van der Waals surface area contributed by atoms with Crippen LogP contribution in [-0.2, 0) is 35.0 Å². The minimum Gasteiger partial charge on any atom is -0.343 e. The van der Waals surface area contributed by atoms with Crippen molar-refractivity contribution in [1.29, 1.82) is 0 Å². The molecule has 0 aliphatic carbocycles. The van der Waals surface area contributed by atoms with Crippen molar-refractivity contribution in [1.82, 2.24) is 19.8 Å². The van der Waals surface area contributed by atoms with E-state index in [4.69, 9.17) is 0 Å². The number of nitrogens with zero attached hydrogens (tertiary/aromatic N) is 3. The van der Waals surface area contributed by atoms with E-state index in [1.807, 2.05) is 0 Å². The summed E-state index contributed by atoms with van der Waals surface area (Å²) in [6.07, 6.45) is -5.79. The normalized spacial score (nSPS) is 14.6. The molecule has 2 aromatic rings. The van der Waals surface area contributed by atoms with Crippen molar-refractivity contribution in [2.75, 3.05) is 13.1 Å². The first kappa shape index (κ1) is 22.4. The van der Waals surface area contributed by atoms with E-state index in [2.05, 4.69) is 10.3 Å². The smallest absolute Gasteiger partial charge is 0.343 e. The van der Waals surface area contributed by atoms with Crippen LogP contribution in [0.4, 0.5) is 26.3 Å². The minimum atomic E-state index is -4.58. The molecule has 0 atom stereocenters. The van der Waals surface area contributed by atoms with Gasteiger partial charge in [-0.1, -0.05) is 12.1 Å². The third-order valence-electron chi connectivity index (χ3n) is 4.52. The zero-order valence-corrected chi connectivity index (χ0v) is 15.8. The standard InChI is InChI=1S/C19H16F6N4O2/c20-18(21,22)13-4-1-12(2-5-13)3-6-16(30)26-9-17(31)29-8-7-28-10-14(19(23,24)25)27-15(28)11-29/h1-6,10H,7-9,11H2,(H,26,30)/b6-3+. The lowest BCUT2D eigenvalue weighted by Gasteiger charge is -2.27. The Labute approximate surface area is 172 Å². The van der Waals surface area contributed by atoms with Crippen LogP contribution in [0.1, 0.15) is 22.6 Å². The predicted molar refractivity (Wildman–Crippen MR) is 96.1 cm³/mol. The Balaban J connectivity index is 1.51. The van der Waals surface area contributed by atoms with E-state index in [0.717, 1.165) is 24.4 Å². The van der Waals surface area contributed by atoms with Gasteiger partial charge in [-0.2, -0.15) is 26.3 Å². The molecule has 6 nitrogen and oxygen atoms in total. The molecule has 0 saturated carbocycles. The molecule has 0 fully saturated rings. The van der Waals surface area contributed by atoms with Gasteiger partial charge in [0.25, 0.3) is 0 Å². The average molecular weight is 446 g/mol. The zero-order valence-electron chi connectivity index (χ0n) is 15.8. The van der Waals surface area contributed by atoms with Gasteiger partial charge in [-0.05, 0) is 23.8 Å². The molecule has 31 heavy (non-hydrogen) atoms. The first-order chi connectivity index (χ1) is 14.4. The average Bonchev–Trinajstić information content (AvgIpc) is 3.14. The molecule has 0 bridgehead atoms. The van der Waals surface area contributed by atoms with Crippen LogP contribution < -0.4 is 5.32 Å². The molecule has 0 radical (unpaired) electrons. The number of aromatic nitrogens is 2. The van der Waals surface area contributed by atoms with Crippen LogP contribution in [0.2, 0.25) is 0 Å². The third-order valence-corrected chi connectivity index (χ3v) is 4.52. The number of alkyl halides is 6. The third kappa shape index (κ3) is 5.64. The van der Waals surface area contributed by atoms with E-state index in [0.29, 0.717) is 5.56 Å². The van der Waals surface area contributed by atoms with Crippen molar-refractivity contribution in [3.63, 3.8) is 0 Å². The van der Waals surface area contributed by atoms with Crippen molar-refractivity contribution in [2.24, 2.45) is 0 Å². The summed E-state index contributed by atoms with van der Waals surface area (Å²) in [7, 11) is 0. The summed E-state index contributed by atoms with van der Waals surface area (Å²) in [5.41, 5.74) is -1.49. The van der Waals surface area contributed by atoms with Crippen molar-refractivity contribution in [3.05, 3.63) is 59.2 Å². The van der Waals surface area contributed by atoms with Gasteiger partial charge in [-0.25, -0.2) is 4.98 Å². The fourth-order valence-corrected chi connectivity index (χ4v) is 2.89. The van der Waals surface area contributed by atoms with E-state index in [9.17, 15) is 35.9 Å². The van der Waals surface area contributed by atoms with Gasteiger partial charge in [0.05, 0.1) is 18.7 Å². The lowest BCUT2D eigenvalue weighted by atomic mass is 10.1. The molecule has 1 aliphatic heterocycles. The number of imidazole rings is 1. The molecule has 2 amide bonds. The number of hydrogen-bond donors (Lipinski definition) is 1. The van der Waals surface area contributed by atoms with Gasteiger partial charge < -0.3 is 14.8 Å². The van der Waals surface area contributed by atoms with Gasteiger partial charge >= 0.3 is 12.4 Å². The summed E-state index contributed by atoms with van der Waals surface area (Å²) in [6.45, 7) is -0.197. The highest BCUT2D eigenvalue weighted by molar-refractivity contribution is 5.94. The van der Waals surface area contributed by atoms with E-state index in [1.54, 1.807) is 0 Å². The molecule has 0 spiro atoms. The highest BCUT2D eigenvalue weighted by atomic mass is 19.4. The molecule has 12 heteroatoms. The molecule has 1 aromatic carbocycles. The Bertz CT molecular complexity index is 992. The molecule has 1 N–H and O–H groups in total. The number of rotatable bonds is 4. The summed E-state index contributed by atoms with van der Waals surface area (Å²) in [5.74, 6) is -1.05.